The molecule has 0 saturated carbocycles. The summed E-state index contributed by atoms with van der Waals surface area (Å²) in [6, 6.07) is 8.56. The van der Waals surface area contributed by atoms with Crippen LogP contribution in [0.4, 0.5) is 5.82 Å². The first-order valence-corrected chi connectivity index (χ1v) is 8.44. The molecule has 3 aromatic rings. The predicted octanol–water partition coefficient (Wildman–Crippen LogP) is 4.94. The fourth-order valence-corrected chi connectivity index (χ4v) is 3.39. The molecule has 0 fully saturated rings. The van der Waals surface area contributed by atoms with Crippen LogP contribution < -0.4 is 5.73 Å². The smallest absolute Gasteiger partial charge is 0.152 e. The summed E-state index contributed by atoms with van der Waals surface area (Å²) in [6.07, 6.45) is 5.49. The first-order valence-electron chi connectivity index (χ1n) is 8.44. The van der Waals surface area contributed by atoms with E-state index >= 15 is 0 Å². The van der Waals surface area contributed by atoms with Gasteiger partial charge in [-0.2, -0.15) is 0 Å². The highest BCUT2D eigenvalue weighted by atomic mass is 15.1. The molecule has 1 aromatic carbocycles. The molecule has 0 aliphatic heterocycles. The Morgan fingerprint density at radius 3 is 2.65 bits per heavy atom. The summed E-state index contributed by atoms with van der Waals surface area (Å²) >= 11 is 0. The molecule has 23 heavy (non-hydrogen) atoms. The third-order valence-electron chi connectivity index (χ3n) is 4.60. The minimum Gasteiger partial charge on any atom is -0.382 e. The number of anilines is 1. The lowest BCUT2D eigenvalue weighted by Crippen LogP contribution is -2.24. The number of hydrogen-bond acceptors (Lipinski definition) is 3. The van der Waals surface area contributed by atoms with Crippen molar-refractivity contribution < 1.29 is 0 Å². The Bertz CT molecular complexity index is 826. The largest absolute Gasteiger partial charge is 0.382 e. The zero-order chi connectivity index (χ0) is 16.6. The number of unbranched alkanes of at least 4 members (excludes halogenated alkanes) is 1. The van der Waals surface area contributed by atoms with E-state index in [0.29, 0.717) is 11.9 Å². The number of aromatic nitrogens is 3. The van der Waals surface area contributed by atoms with Crippen LogP contribution in [0.2, 0.25) is 0 Å². The zero-order valence-electron chi connectivity index (χ0n) is 14.5. The van der Waals surface area contributed by atoms with Gasteiger partial charge in [0.05, 0.1) is 17.4 Å². The number of nitrogen functional groups attached to an aromatic ring is 1. The molecular formula is C19H26N4. The summed E-state index contributed by atoms with van der Waals surface area (Å²) in [7, 11) is 0. The maximum atomic E-state index is 6.16. The zero-order valence-corrected chi connectivity index (χ0v) is 14.5. The number of pyridine rings is 1. The van der Waals surface area contributed by atoms with Crippen LogP contribution in [0.15, 0.2) is 30.6 Å². The number of imidazole rings is 1. The van der Waals surface area contributed by atoms with E-state index in [1.54, 1.807) is 0 Å². The van der Waals surface area contributed by atoms with E-state index in [4.69, 9.17) is 5.73 Å². The van der Waals surface area contributed by atoms with Crippen LogP contribution in [-0.4, -0.2) is 14.5 Å². The lowest BCUT2D eigenvalue weighted by Gasteiger charge is -2.32. The van der Waals surface area contributed by atoms with Gasteiger partial charge >= 0.3 is 0 Å². The quantitative estimate of drug-likeness (QED) is 0.742. The summed E-state index contributed by atoms with van der Waals surface area (Å²) in [5.74, 6) is 0.514. The van der Waals surface area contributed by atoms with Gasteiger partial charge in [-0.05, 0) is 17.9 Å². The Balaban J connectivity index is 2.28. The van der Waals surface area contributed by atoms with Gasteiger partial charge in [0.25, 0.3) is 0 Å². The monoisotopic (exact) mass is 310 g/mol. The number of para-hydroxylation sites is 1. The van der Waals surface area contributed by atoms with Crippen molar-refractivity contribution in [2.75, 3.05) is 5.73 Å². The highest BCUT2D eigenvalue weighted by Crippen LogP contribution is 2.38. The molecule has 1 atom stereocenters. The van der Waals surface area contributed by atoms with E-state index in [1.165, 1.54) is 12.8 Å². The van der Waals surface area contributed by atoms with Crippen molar-refractivity contribution in [3.8, 4) is 0 Å². The van der Waals surface area contributed by atoms with Gasteiger partial charge < -0.3 is 10.3 Å². The van der Waals surface area contributed by atoms with Crippen LogP contribution in [0.25, 0.3) is 21.9 Å². The third kappa shape index (κ3) is 2.78. The summed E-state index contributed by atoms with van der Waals surface area (Å²) in [5.41, 5.74) is 9.17. The average molecular weight is 310 g/mol. The minimum absolute atomic E-state index is 0.155. The van der Waals surface area contributed by atoms with E-state index < -0.39 is 0 Å². The molecule has 0 bridgehead atoms. The van der Waals surface area contributed by atoms with Crippen LogP contribution >= 0.6 is 0 Å². The molecule has 2 heterocycles. The number of hydrogen-bond donors (Lipinski definition) is 1. The van der Waals surface area contributed by atoms with E-state index in [0.717, 1.165) is 28.4 Å². The molecule has 2 N–H and O–H groups in total. The molecule has 0 amide bonds. The van der Waals surface area contributed by atoms with Crippen molar-refractivity contribution in [3.63, 3.8) is 0 Å². The van der Waals surface area contributed by atoms with Gasteiger partial charge in [0, 0.05) is 11.4 Å². The van der Waals surface area contributed by atoms with Gasteiger partial charge in [0.15, 0.2) is 5.82 Å². The number of nitrogens with two attached hydrogens (primary N) is 1. The van der Waals surface area contributed by atoms with Crippen molar-refractivity contribution in [1.82, 2.24) is 14.5 Å². The first-order chi connectivity index (χ1) is 10.9. The van der Waals surface area contributed by atoms with Crippen LogP contribution in [0.1, 0.15) is 53.0 Å². The van der Waals surface area contributed by atoms with Gasteiger partial charge in [-0.3, -0.25) is 0 Å². The molecule has 0 spiro atoms. The second kappa shape index (κ2) is 5.84. The SMILES string of the molecule is CCCCC(n1cnc2c(N)nc3ccccc3c21)C(C)(C)C. The van der Waals surface area contributed by atoms with E-state index in [2.05, 4.69) is 54.4 Å². The Labute approximate surface area is 137 Å². The molecule has 3 rings (SSSR count). The maximum absolute atomic E-state index is 6.16. The second-order valence-corrected chi connectivity index (χ2v) is 7.39. The summed E-state index contributed by atoms with van der Waals surface area (Å²) in [5, 5.41) is 1.12. The van der Waals surface area contributed by atoms with Crippen molar-refractivity contribution in [2.24, 2.45) is 5.41 Å². The number of nitrogens with zero attached hydrogens (tertiary/aromatic N) is 3. The first kappa shape index (κ1) is 15.8. The number of fused-ring (bicyclic) bond motifs is 3. The lowest BCUT2D eigenvalue weighted by atomic mass is 9.83. The van der Waals surface area contributed by atoms with Gasteiger partial charge in [-0.1, -0.05) is 58.7 Å². The lowest BCUT2D eigenvalue weighted by molar-refractivity contribution is 0.229. The molecule has 1 unspecified atom stereocenters. The Morgan fingerprint density at radius 2 is 1.96 bits per heavy atom. The fourth-order valence-electron chi connectivity index (χ4n) is 3.39. The topological polar surface area (TPSA) is 56.7 Å². The predicted molar refractivity (Wildman–Crippen MR) is 97.5 cm³/mol. The van der Waals surface area contributed by atoms with Crippen molar-refractivity contribution in [1.29, 1.82) is 0 Å². The normalized spacial score (nSPS) is 13.7. The van der Waals surface area contributed by atoms with Gasteiger partial charge in [0.1, 0.15) is 5.52 Å². The molecular weight excluding hydrogens is 284 g/mol. The Hall–Kier alpha value is -2.10. The Morgan fingerprint density at radius 1 is 1.22 bits per heavy atom. The number of benzene rings is 1. The minimum atomic E-state index is 0.155. The molecule has 2 aromatic heterocycles. The molecule has 0 aliphatic carbocycles. The summed E-state index contributed by atoms with van der Waals surface area (Å²) < 4.78 is 2.32. The van der Waals surface area contributed by atoms with Gasteiger partial charge in [-0.15, -0.1) is 0 Å². The summed E-state index contributed by atoms with van der Waals surface area (Å²) in [4.78, 5) is 9.09. The van der Waals surface area contributed by atoms with Crippen LogP contribution in [0, 0.1) is 5.41 Å². The third-order valence-corrected chi connectivity index (χ3v) is 4.60. The van der Waals surface area contributed by atoms with Crippen molar-refractivity contribution >= 4 is 27.8 Å². The number of rotatable bonds is 4. The Kier molecular flexibility index (Phi) is 4.00. The molecule has 0 aliphatic rings. The van der Waals surface area contributed by atoms with E-state index in [-0.39, 0.29) is 5.41 Å². The maximum Gasteiger partial charge on any atom is 0.152 e. The highest BCUT2D eigenvalue weighted by Gasteiger charge is 2.28. The van der Waals surface area contributed by atoms with Crippen LogP contribution in [0.3, 0.4) is 0 Å². The standard InChI is InChI=1S/C19H26N4/c1-5-6-11-15(19(2,3)4)23-12-21-16-17(23)13-9-7-8-10-14(13)22-18(16)20/h7-10,12,15H,5-6,11H2,1-4H3,(H2,20,22). The fraction of sp³-hybridized carbons (Fsp3) is 0.474. The molecule has 122 valence electrons. The molecule has 0 radical (unpaired) electrons. The average Bonchev–Trinajstić information content (AvgIpc) is 2.92. The summed E-state index contributed by atoms with van der Waals surface area (Å²) in [6.45, 7) is 9.13. The van der Waals surface area contributed by atoms with E-state index in [1.807, 2.05) is 18.5 Å². The highest BCUT2D eigenvalue weighted by molar-refractivity contribution is 6.06. The van der Waals surface area contributed by atoms with Crippen LogP contribution in [0.5, 0.6) is 0 Å². The molecule has 4 nitrogen and oxygen atoms in total. The van der Waals surface area contributed by atoms with Gasteiger partial charge in [-0.25, -0.2) is 9.97 Å². The second-order valence-electron chi connectivity index (χ2n) is 7.39. The van der Waals surface area contributed by atoms with Gasteiger partial charge in [0.2, 0.25) is 0 Å². The van der Waals surface area contributed by atoms with E-state index in [9.17, 15) is 0 Å². The molecule has 0 saturated heterocycles. The van der Waals surface area contributed by atoms with Crippen LogP contribution in [-0.2, 0) is 0 Å². The molecule has 4 heteroatoms. The van der Waals surface area contributed by atoms with Crippen molar-refractivity contribution in [2.45, 2.75) is 53.0 Å². The van der Waals surface area contributed by atoms with Crippen molar-refractivity contribution in [3.05, 3.63) is 30.6 Å².